The molecule has 0 spiro atoms. The zero-order valence-electron chi connectivity index (χ0n) is 16.2. The highest BCUT2D eigenvalue weighted by atomic mass is 19.3. The SMILES string of the molecule is C/N=C(\OC(=N)C(F)F)c1ccc2c(c1)C(=O)N(C)C(C)(c1ccc(F)cc1)C2. The third kappa shape index (κ3) is 3.74. The van der Waals surface area contributed by atoms with Gasteiger partial charge in [-0.25, -0.2) is 4.39 Å². The van der Waals surface area contributed by atoms with Gasteiger partial charge in [-0.3, -0.25) is 15.2 Å². The van der Waals surface area contributed by atoms with Gasteiger partial charge in [-0.05, 0) is 42.3 Å². The fourth-order valence-corrected chi connectivity index (χ4v) is 3.44. The molecule has 1 amide bonds. The first-order valence-electron chi connectivity index (χ1n) is 8.86. The highest BCUT2D eigenvalue weighted by Gasteiger charge is 2.40. The normalized spacial score (nSPS) is 19.3. The minimum Gasteiger partial charge on any atom is -0.419 e. The summed E-state index contributed by atoms with van der Waals surface area (Å²) >= 11 is 0. The number of likely N-dealkylation sites (N-methyl/N-ethyl adjacent to an activating group) is 1. The number of amides is 1. The van der Waals surface area contributed by atoms with Crippen LogP contribution in [-0.2, 0) is 16.7 Å². The Bertz CT molecular complexity index is 989. The predicted octanol–water partition coefficient (Wildman–Crippen LogP) is 4.00. The maximum atomic E-state index is 13.3. The zero-order valence-corrected chi connectivity index (χ0v) is 16.2. The number of alkyl halides is 2. The summed E-state index contributed by atoms with van der Waals surface area (Å²) in [5.74, 6) is -2.00. The molecule has 0 fully saturated rings. The summed E-state index contributed by atoms with van der Waals surface area (Å²) in [7, 11) is 3.02. The van der Waals surface area contributed by atoms with Gasteiger partial charge in [-0.2, -0.15) is 8.78 Å². The van der Waals surface area contributed by atoms with Gasteiger partial charge < -0.3 is 9.64 Å². The summed E-state index contributed by atoms with van der Waals surface area (Å²) in [6, 6.07) is 10.9. The van der Waals surface area contributed by atoms with Crippen molar-refractivity contribution in [2.45, 2.75) is 25.3 Å². The second kappa shape index (κ2) is 7.69. The number of carbonyl (C=O) groups is 1. The van der Waals surface area contributed by atoms with Gasteiger partial charge in [-0.15, -0.1) is 0 Å². The lowest BCUT2D eigenvalue weighted by molar-refractivity contribution is 0.0547. The Labute approximate surface area is 166 Å². The van der Waals surface area contributed by atoms with E-state index in [2.05, 4.69) is 4.99 Å². The first-order valence-corrected chi connectivity index (χ1v) is 8.86. The van der Waals surface area contributed by atoms with Gasteiger partial charge in [-0.1, -0.05) is 18.2 Å². The van der Waals surface area contributed by atoms with Crippen LogP contribution in [-0.4, -0.2) is 43.1 Å². The summed E-state index contributed by atoms with van der Waals surface area (Å²) in [6.07, 6.45) is -2.57. The first-order chi connectivity index (χ1) is 13.7. The number of halogens is 3. The van der Waals surface area contributed by atoms with Gasteiger partial charge in [0.15, 0.2) is 0 Å². The lowest BCUT2D eigenvalue weighted by Gasteiger charge is -2.43. The molecule has 0 bridgehead atoms. The van der Waals surface area contributed by atoms with Crippen LogP contribution in [0.3, 0.4) is 0 Å². The molecule has 1 heterocycles. The molecular weight excluding hydrogens is 383 g/mol. The smallest absolute Gasteiger partial charge is 0.312 e. The molecule has 1 aliphatic heterocycles. The Kier molecular flexibility index (Phi) is 5.46. The fraction of sp³-hybridized carbons (Fsp3) is 0.286. The number of fused-ring (bicyclic) bond motifs is 1. The lowest BCUT2D eigenvalue weighted by atomic mass is 9.79. The van der Waals surface area contributed by atoms with Crippen LogP contribution >= 0.6 is 0 Å². The van der Waals surface area contributed by atoms with Crippen LogP contribution in [0.1, 0.15) is 34.0 Å². The van der Waals surface area contributed by atoms with E-state index in [1.807, 2.05) is 6.92 Å². The molecule has 1 aliphatic rings. The predicted molar refractivity (Wildman–Crippen MR) is 103 cm³/mol. The van der Waals surface area contributed by atoms with Crippen LogP contribution < -0.4 is 0 Å². The average molecular weight is 403 g/mol. The van der Waals surface area contributed by atoms with Gasteiger partial charge >= 0.3 is 6.43 Å². The van der Waals surface area contributed by atoms with Crippen molar-refractivity contribution < 1.29 is 22.7 Å². The minimum absolute atomic E-state index is 0.166. The third-order valence-corrected chi connectivity index (χ3v) is 5.24. The van der Waals surface area contributed by atoms with Crippen LogP contribution in [0.5, 0.6) is 0 Å². The highest BCUT2D eigenvalue weighted by molar-refractivity contribution is 6.04. The molecule has 152 valence electrons. The Balaban J connectivity index is 1.98. The molecule has 1 atom stereocenters. The average Bonchev–Trinajstić information content (AvgIpc) is 2.70. The van der Waals surface area contributed by atoms with Gasteiger partial charge in [0.2, 0.25) is 5.90 Å². The van der Waals surface area contributed by atoms with E-state index in [4.69, 9.17) is 10.1 Å². The summed E-state index contributed by atoms with van der Waals surface area (Å²) in [6.45, 7) is 1.90. The van der Waals surface area contributed by atoms with Crippen molar-refractivity contribution in [3.63, 3.8) is 0 Å². The quantitative estimate of drug-likeness (QED) is 0.622. The largest absolute Gasteiger partial charge is 0.419 e. The second-order valence-corrected chi connectivity index (χ2v) is 6.99. The standard InChI is InChI=1S/C21H20F3N3O2/c1-21(14-6-8-15(22)9-7-14)11-13-5-4-12(10-16(13)20(28)27(21)3)19(26-2)29-18(25)17(23)24/h4-10,17,25H,11H2,1-3H3/b25-18?,26-19-. The Hall–Kier alpha value is -3.16. The van der Waals surface area contributed by atoms with Crippen LogP contribution in [0.4, 0.5) is 13.2 Å². The number of rotatable bonds is 3. The summed E-state index contributed by atoms with van der Waals surface area (Å²) < 4.78 is 43.4. The van der Waals surface area contributed by atoms with Crippen LogP contribution in [0, 0.1) is 11.2 Å². The van der Waals surface area contributed by atoms with Crippen molar-refractivity contribution in [2.75, 3.05) is 14.1 Å². The maximum absolute atomic E-state index is 13.3. The Morgan fingerprint density at radius 3 is 2.48 bits per heavy atom. The number of nitrogens with one attached hydrogen (secondary N) is 1. The van der Waals surface area contributed by atoms with Crippen molar-refractivity contribution in [3.05, 3.63) is 70.5 Å². The molecule has 8 heteroatoms. The second-order valence-electron chi connectivity index (χ2n) is 6.99. The topological polar surface area (TPSA) is 65.8 Å². The molecule has 0 saturated heterocycles. The van der Waals surface area contributed by atoms with Gasteiger partial charge in [0.25, 0.3) is 11.8 Å². The molecule has 2 aromatic rings. The highest BCUT2D eigenvalue weighted by Crippen LogP contribution is 2.38. The zero-order chi connectivity index (χ0) is 21.3. The van der Waals surface area contributed by atoms with E-state index in [0.717, 1.165) is 11.1 Å². The fourth-order valence-electron chi connectivity index (χ4n) is 3.44. The van der Waals surface area contributed by atoms with Crippen molar-refractivity contribution in [1.82, 2.24) is 4.90 Å². The van der Waals surface area contributed by atoms with E-state index in [1.165, 1.54) is 25.2 Å². The van der Waals surface area contributed by atoms with Crippen molar-refractivity contribution in [2.24, 2.45) is 4.99 Å². The molecular formula is C21H20F3N3O2. The van der Waals surface area contributed by atoms with E-state index in [-0.39, 0.29) is 17.6 Å². The number of hydrogen-bond donors (Lipinski definition) is 1. The van der Waals surface area contributed by atoms with E-state index in [0.29, 0.717) is 17.5 Å². The van der Waals surface area contributed by atoms with Crippen molar-refractivity contribution in [1.29, 1.82) is 5.41 Å². The number of aliphatic imine (C=N–C) groups is 1. The number of carbonyl (C=O) groups excluding carboxylic acids is 1. The molecule has 29 heavy (non-hydrogen) atoms. The van der Waals surface area contributed by atoms with Crippen molar-refractivity contribution in [3.8, 4) is 0 Å². The van der Waals surface area contributed by atoms with Gasteiger partial charge in [0, 0.05) is 31.6 Å². The van der Waals surface area contributed by atoms with E-state index in [9.17, 15) is 18.0 Å². The monoisotopic (exact) mass is 403 g/mol. The van der Waals surface area contributed by atoms with E-state index in [1.54, 1.807) is 36.2 Å². The molecule has 0 radical (unpaired) electrons. The first kappa shape index (κ1) is 20.6. The number of hydrogen-bond acceptors (Lipinski definition) is 4. The van der Waals surface area contributed by atoms with Gasteiger partial charge in [0.05, 0.1) is 5.54 Å². The maximum Gasteiger partial charge on any atom is 0.312 e. The summed E-state index contributed by atoms with van der Waals surface area (Å²) in [4.78, 5) is 18.5. The number of benzene rings is 2. The number of nitrogens with zero attached hydrogens (tertiary/aromatic N) is 2. The molecule has 0 aromatic heterocycles. The van der Waals surface area contributed by atoms with Crippen molar-refractivity contribution >= 4 is 17.7 Å². The lowest BCUT2D eigenvalue weighted by Crippen LogP contribution is -2.50. The van der Waals surface area contributed by atoms with Crippen LogP contribution in [0.2, 0.25) is 0 Å². The molecule has 3 rings (SSSR count). The Morgan fingerprint density at radius 1 is 1.24 bits per heavy atom. The minimum atomic E-state index is -3.06. The van der Waals surface area contributed by atoms with E-state index >= 15 is 0 Å². The van der Waals surface area contributed by atoms with Crippen LogP contribution in [0.25, 0.3) is 0 Å². The Morgan fingerprint density at radius 2 is 1.90 bits per heavy atom. The summed E-state index contributed by atoms with van der Waals surface area (Å²) in [5.41, 5.74) is 1.62. The van der Waals surface area contributed by atoms with Gasteiger partial charge in [0.1, 0.15) is 5.82 Å². The molecule has 0 aliphatic carbocycles. The molecule has 0 saturated carbocycles. The molecule has 1 unspecified atom stereocenters. The third-order valence-electron chi connectivity index (χ3n) is 5.24. The molecule has 2 aromatic carbocycles. The summed E-state index contributed by atoms with van der Waals surface area (Å²) in [5, 5.41) is 7.19. The van der Waals surface area contributed by atoms with Crippen LogP contribution in [0.15, 0.2) is 47.5 Å². The molecule has 5 nitrogen and oxygen atoms in total. The number of ether oxygens (including phenoxy) is 1. The van der Waals surface area contributed by atoms with E-state index < -0.39 is 17.9 Å². The molecule has 1 N–H and O–H groups in total.